The highest BCUT2D eigenvalue weighted by molar-refractivity contribution is 7.91. The summed E-state index contributed by atoms with van der Waals surface area (Å²) in [5, 5.41) is -0.0586. The first-order valence-corrected chi connectivity index (χ1v) is 10.7. The van der Waals surface area contributed by atoms with Gasteiger partial charge >= 0.3 is 0 Å². The molecule has 4 aromatic rings. The highest BCUT2D eigenvalue weighted by Gasteiger charge is 2.24. The van der Waals surface area contributed by atoms with Crippen LogP contribution in [0.15, 0.2) is 87.5 Å². The molecule has 0 amide bonds. The number of halogens is 2. The lowest BCUT2D eigenvalue weighted by Crippen LogP contribution is -2.20. The van der Waals surface area contributed by atoms with E-state index in [1.807, 2.05) is 0 Å². The van der Waals surface area contributed by atoms with Gasteiger partial charge in [-0.2, -0.15) is 0 Å². The Balaban J connectivity index is 1.92. The maximum absolute atomic E-state index is 13.9. The van der Waals surface area contributed by atoms with Crippen LogP contribution < -0.4 is 10.2 Å². The highest BCUT2D eigenvalue weighted by atomic mass is 32.2. The Hall–Kier alpha value is -3.52. The van der Waals surface area contributed by atoms with Crippen LogP contribution in [-0.2, 0) is 16.4 Å². The van der Waals surface area contributed by atoms with E-state index < -0.39 is 31.8 Å². The van der Waals surface area contributed by atoms with Gasteiger partial charge in [-0.05, 0) is 60.2 Å². The summed E-state index contributed by atoms with van der Waals surface area (Å²) in [5.74, 6) is -0.594. The summed E-state index contributed by atoms with van der Waals surface area (Å²) in [6.07, 6.45) is 1.24. The van der Waals surface area contributed by atoms with Crippen LogP contribution in [0.25, 0.3) is 10.9 Å². The van der Waals surface area contributed by atoms with Crippen molar-refractivity contribution in [1.29, 1.82) is 0 Å². The number of sulfone groups is 1. The molecule has 0 fully saturated rings. The van der Waals surface area contributed by atoms with Crippen molar-refractivity contribution in [3.63, 3.8) is 0 Å². The molecule has 5 nitrogen and oxygen atoms in total. The Morgan fingerprint density at radius 3 is 2.19 bits per heavy atom. The number of pyridine rings is 1. The Kier molecular flexibility index (Phi) is 5.32. The number of aromatic nitrogens is 1. The molecule has 0 saturated heterocycles. The van der Waals surface area contributed by atoms with E-state index in [0.29, 0.717) is 11.3 Å². The van der Waals surface area contributed by atoms with Crippen LogP contribution in [0.1, 0.15) is 5.56 Å². The Morgan fingerprint density at radius 1 is 0.903 bits per heavy atom. The lowest BCUT2D eigenvalue weighted by atomic mass is 10.1. The number of rotatable bonds is 5. The molecule has 0 radical (unpaired) electrons. The summed E-state index contributed by atoms with van der Waals surface area (Å²) >= 11 is 0. The smallest absolute Gasteiger partial charge is 0.211 e. The summed E-state index contributed by atoms with van der Waals surface area (Å²) in [4.78, 5) is 12.3. The van der Waals surface area contributed by atoms with Gasteiger partial charge in [-0.15, -0.1) is 0 Å². The van der Waals surface area contributed by atoms with Crippen LogP contribution in [0, 0.1) is 11.6 Å². The Labute approximate surface area is 177 Å². The third-order valence-electron chi connectivity index (χ3n) is 4.93. The summed E-state index contributed by atoms with van der Waals surface area (Å²) < 4.78 is 60.2. The molecule has 8 heteroatoms. The zero-order valence-corrected chi connectivity index (χ0v) is 17.2. The van der Waals surface area contributed by atoms with Crippen LogP contribution in [0.5, 0.6) is 5.75 Å². The number of methoxy groups -OCH3 is 1. The van der Waals surface area contributed by atoms with Crippen molar-refractivity contribution >= 4 is 20.7 Å². The zero-order chi connectivity index (χ0) is 22.2. The second kappa shape index (κ2) is 7.96. The molecule has 0 atom stereocenters. The molecule has 1 aromatic heterocycles. The van der Waals surface area contributed by atoms with Gasteiger partial charge in [0.2, 0.25) is 15.3 Å². The first-order valence-electron chi connectivity index (χ1n) is 9.26. The second-order valence-corrected chi connectivity index (χ2v) is 8.84. The second-order valence-electron chi connectivity index (χ2n) is 6.92. The molecule has 0 N–H and O–H groups in total. The van der Waals surface area contributed by atoms with Crippen molar-refractivity contribution in [3.8, 4) is 5.75 Å². The molecule has 0 spiro atoms. The zero-order valence-electron chi connectivity index (χ0n) is 16.4. The molecule has 0 aliphatic rings. The molecule has 158 valence electrons. The van der Waals surface area contributed by atoms with Gasteiger partial charge in [-0.1, -0.05) is 12.1 Å². The van der Waals surface area contributed by atoms with Gasteiger partial charge in [-0.3, -0.25) is 4.79 Å². The van der Waals surface area contributed by atoms with Crippen molar-refractivity contribution in [2.24, 2.45) is 0 Å². The minimum Gasteiger partial charge on any atom is -0.497 e. The molecule has 0 bridgehead atoms. The average Bonchev–Trinajstić information content (AvgIpc) is 2.76. The fourth-order valence-electron chi connectivity index (χ4n) is 3.33. The lowest BCUT2D eigenvalue weighted by molar-refractivity contribution is 0.414. The van der Waals surface area contributed by atoms with Crippen LogP contribution in [-0.4, -0.2) is 20.1 Å². The van der Waals surface area contributed by atoms with Crippen LogP contribution in [0.3, 0.4) is 0 Å². The van der Waals surface area contributed by atoms with Crippen molar-refractivity contribution in [3.05, 3.63) is 100 Å². The Bertz CT molecular complexity index is 1430. The number of benzene rings is 3. The third-order valence-corrected chi connectivity index (χ3v) is 6.70. The van der Waals surface area contributed by atoms with Gasteiger partial charge in [0.1, 0.15) is 22.3 Å². The van der Waals surface area contributed by atoms with Gasteiger partial charge in [-0.25, -0.2) is 17.2 Å². The lowest BCUT2D eigenvalue weighted by Gasteiger charge is -2.14. The molecule has 0 aliphatic heterocycles. The van der Waals surface area contributed by atoms with E-state index >= 15 is 0 Å². The first kappa shape index (κ1) is 20.7. The number of hydrogen-bond donors (Lipinski definition) is 0. The van der Waals surface area contributed by atoms with Crippen molar-refractivity contribution in [1.82, 2.24) is 4.57 Å². The number of ether oxygens (including phenoxy) is 1. The fraction of sp³-hybridized carbons (Fsp3) is 0.0870. The van der Waals surface area contributed by atoms with E-state index in [9.17, 15) is 22.0 Å². The highest BCUT2D eigenvalue weighted by Crippen LogP contribution is 2.23. The van der Waals surface area contributed by atoms with E-state index in [0.717, 1.165) is 35.9 Å². The van der Waals surface area contributed by atoms with Crippen LogP contribution in [0.4, 0.5) is 8.78 Å². The Morgan fingerprint density at radius 2 is 1.55 bits per heavy atom. The predicted octanol–water partition coefficient (Wildman–Crippen LogP) is 4.17. The molecule has 0 saturated carbocycles. The van der Waals surface area contributed by atoms with Crippen molar-refractivity contribution in [2.45, 2.75) is 16.3 Å². The van der Waals surface area contributed by atoms with Gasteiger partial charge < -0.3 is 9.30 Å². The fourth-order valence-corrected chi connectivity index (χ4v) is 4.70. The van der Waals surface area contributed by atoms with Crippen molar-refractivity contribution in [2.75, 3.05) is 7.11 Å². The van der Waals surface area contributed by atoms with Gasteiger partial charge in [0.15, 0.2) is 0 Å². The predicted molar refractivity (Wildman–Crippen MR) is 112 cm³/mol. The van der Waals surface area contributed by atoms with Gasteiger partial charge in [0, 0.05) is 18.1 Å². The molecule has 1 heterocycles. The third kappa shape index (κ3) is 3.94. The van der Waals surface area contributed by atoms with E-state index in [-0.39, 0.29) is 16.8 Å². The molecule has 31 heavy (non-hydrogen) atoms. The van der Waals surface area contributed by atoms with Gasteiger partial charge in [0.25, 0.3) is 0 Å². The van der Waals surface area contributed by atoms with E-state index in [2.05, 4.69) is 0 Å². The molecule has 0 aliphatic carbocycles. The molecule has 3 aromatic carbocycles. The van der Waals surface area contributed by atoms with E-state index in [4.69, 9.17) is 4.74 Å². The van der Waals surface area contributed by atoms with E-state index in [1.54, 1.807) is 35.9 Å². The summed E-state index contributed by atoms with van der Waals surface area (Å²) in [6.45, 7) is 0.234. The monoisotopic (exact) mass is 441 g/mol. The van der Waals surface area contributed by atoms with Crippen molar-refractivity contribution < 1.29 is 21.9 Å². The largest absolute Gasteiger partial charge is 0.497 e. The topological polar surface area (TPSA) is 65.4 Å². The normalized spacial score (nSPS) is 11.6. The quantitative estimate of drug-likeness (QED) is 0.436. The molecular formula is C23H17F2NO4S. The molecule has 4 rings (SSSR count). The number of fused-ring (bicyclic) bond motifs is 1. The molecule has 0 unspecified atom stereocenters. The maximum atomic E-state index is 13.9. The molecular weight excluding hydrogens is 424 g/mol. The van der Waals surface area contributed by atoms with Crippen LogP contribution >= 0.6 is 0 Å². The van der Waals surface area contributed by atoms with Crippen LogP contribution in [0.2, 0.25) is 0 Å². The summed E-state index contributed by atoms with van der Waals surface area (Å²) in [6, 6.07) is 15.0. The summed E-state index contributed by atoms with van der Waals surface area (Å²) in [5.41, 5.74) is 0.394. The maximum Gasteiger partial charge on any atom is 0.211 e. The minimum absolute atomic E-state index is 0.0586. The summed E-state index contributed by atoms with van der Waals surface area (Å²) in [7, 11) is -2.71. The minimum atomic E-state index is -4.26. The van der Waals surface area contributed by atoms with Gasteiger partial charge in [0.05, 0.1) is 17.5 Å². The standard InChI is InChI=1S/C23H17F2NO4S/c1-30-18-7-2-15(3-8-18)13-26-14-22(23(27)20-12-17(25)6-11-21(20)26)31(28,29)19-9-4-16(24)5-10-19/h2-12,14H,13H2,1H3. The van der Waals surface area contributed by atoms with E-state index in [1.165, 1.54) is 18.3 Å². The average molecular weight is 441 g/mol. The SMILES string of the molecule is COc1ccc(Cn2cc(S(=O)(=O)c3ccc(F)cc3)c(=O)c3cc(F)ccc32)cc1. The number of nitrogens with zero attached hydrogens (tertiary/aromatic N) is 1. The number of hydrogen-bond acceptors (Lipinski definition) is 4. The first-order chi connectivity index (χ1) is 14.8.